The first kappa shape index (κ1) is 19.6. The zero-order valence-corrected chi connectivity index (χ0v) is 15.8. The van der Waals surface area contributed by atoms with E-state index in [4.69, 9.17) is 10.3 Å². The fraction of sp³-hybridized carbons (Fsp3) is 0.500. The highest BCUT2D eigenvalue weighted by Gasteiger charge is 2.63. The van der Waals surface area contributed by atoms with Gasteiger partial charge in [-0.3, -0.25) is 13.5 Å². The average molecular weight is 367 g/mol. The molecular formula is C18H25NO5S. The second kappa shape index (κ2) is 6.55. The first-order chi connectivity index (χ1) is 11.4. The van der Waals surface area contributed by atoms with Gasteiger partial charge in [-0.1, -0.05) is 39.0 Å². The SMILES string of the molecule is CC12CCC(C(=Cc3ccccc3N)C1=O)C2(C)C.COS(=O)(=O)O. The van der Waals surface area contributed by atoms with Crippen LogP contribution in [0.3, 0.4) is 0 Å². The highest BCUT2D eigenvalue weighted by atomic mass is 32.3. The number of Topliss-reactive ketones (excluding diaryl/α,β-unsaturated/α-hetero) is 1. The number of fused-ring (bicyclic) bond motifs is 2. The predicted molar refractivity (Wildman–Crippen MR) is 97.0 cm³/mol. The summed E-state index contributed by atoms with van der Waals surface area (Å²) in [5, 5.41) is 0. The number of allylic oxidation sites excluding steroid dienone is 1. The lowest BCUT2D eigenvalue weighted by atomic mass is 9.70. The van der Waals surface area contributed by atoms with E-state index in [1.165, 1.54) is 0 Å². The highest BCUT2D eigenvalue weighted by molar-refractivity contribution is 7.80. The van der Waals surface area contributed by atoms with Crippen molar-refractivity contribution in [1.82, 2.24) is 0 Å². The lowest BCUT2D eigenvalue weighted by molar-refractivity contribution is -0.125. The van der Waals surface area contributed by atoms with E-state index in [0.29, 0.717) is 11.7 Å². The molecule has 0 aromatic heterocycles. The third kappa shape index (κ3) is 3.49. The zero-order valence-electron chi connectivity index (χ0n) is 14.9. The number of benzene rings is 1. The minimum atomic E-state index is -4.16. The number of rotatable bonds is 2. The van der Waals surface area contributed by atoms with Crippen LogP contribution in [-0.4, -0.2) is 25.9 Å². The molecule has 3 rings (SSSR count). The Balaban J connectivity index is 0.000000326. The fourth-order valence-corrected chi connectivity index (χ4v) is 3.90. The Labute approximate surface area is 149 Å². The van der Waals surface area contributed by atoms with Gasteiger partial charge in [0.05, 0.1) is 7.11 Å². The molecule has 2 bridgehead atoms. The third-order valence-corrected chi connectivity index (χ3v) is 6.30. The summed E-state index contributed by atoms with van der Waals surface area (Å²) in [5.41, 5.74) is 8.57. The molecule has 2 unspecified atom stereocenters. The lowest BCUT2D eigenvalue weighted by Crippen LogP contribution is -2.32. The predicted octanol–water partition coefficient (Wildman–Crippen LogP) is 3.11. The van der Waals surface area contributed by atoms with Crippen LogP contribution < -0.4 is 5.73 Å². The van der Waals surface area contributed by atoms with Crippen molar-refractivity contribution in [2.75, 3.05) is 12.8 Å². The standard InChI is InChI=1S/C17H21NO.CH4O4S/c1-16(2)13-8-9-17(16,3)15(19)12(13)10-11-6-4-5-7-14(11)18;1-5-6(2,3)4/h4-7,10,13H,8-9,18H2,1-3H3;1H3,(H,2,3,4). The molecule has 2 aliphatic carbocycles. The Hall–Kier alpha value is -1.70. The van der Waals surface area contributed by atoms with E-state index in [0.717, 1.165) is 36.8 Å². The molecule has 0 spiro atoms. The van der Waals surface area contributed by atoms with Crippen molar-refractivity contribution in [2.24, 2.45) is 16.7 Å². The Morgan fingerprint density at radius 3 is 2.28 bits per heavy atom. The lowest BCUT2D eigenvalue weighted by Gasteiger charge is -2.31. The monoisotopic (exact) mass is 367 g/mol. The first-order valence-corrected chi connectivity index (χ1v) is 9.44. The van der Waals surface area contributed by atoms with Gasteiger partial charge in [-0.05, 0) is 41.9 Å². The maximum atomic E-state index is 12.7. The summed E-state index contributed by atoms with van der Waals surface area (Å²) >= 11 is 0. The molecular weight excluding hydrogens is 342 g/mol. The molecule has 7 heteroatoms. The minimum Gasteiger partial charge on any atom is -0.398 e. The van der Waals surface area contributed by atoms with Crippen LogP contribution in [0.5, 0.6) is 0 Å². The van der Waals surface area contributed by atoms with Crippen LogP contribution in [0, 0.1) is 16.7 Å². The van der Waals surface area contributed by atoms with E-state index in [2.05, 4.69) is 25.0 Å². The van der Waals surface area contributed by atoms with Crippen LogP contribution >= 0.6 is 0 Å². The van der Waals surface area contributed by atoms with Gasteiger partial charge in [-0.2, -0.15) is 8.42 Å². The highest BCUT2D eigenvalue weighted by Crippen LogP contribution is 2.65. The second-order valence-corrected chi connectivity index (χ2v) is 8.49. The molecule has 25 heavy (non-hydrogen) atoms. The Kier molecular flexibility index (Phi) is 5.14. The Morgan fingerprint density at radius 1 is 1.28 bits per heavy atom. The van der Waals surface area contributed by atoms with Gasteiger partial charge >= 0.3 is 10.4 Å². The van der Waals surface area contributed by atoms with E-state index in [9.17, 15) is 13.2 Å². The number of hydrogen-bond donors (Lipinski definition) is 2. The number of anilines is 1. The Morgan fingerprint density at radius 2 is 1.84 bits per heavy atom. The van der Waals surface area contributed by atoms with E-state index >= 15 is 0 Å². The van der Waals surface area contributed by atoms with Gasteiger partial charge in [0.25, 0.3) is 0 Å². The average Bonchev–Trinajstić information content (AvgIpc) is 2.83. The van der Waals surface area contributed by atoms with Crippen molar-refractivity contribution in [2.45, 2.75) is 33.6 Å². The molecule has 138 valence electrons. The van der Waals surface area contributed by atoms with Crippen molar-refractivity contribution in [3.63, 3.8) is 0 Å². The molecule has 2 saturated carbocycles. The Bertz CT molecular complexity index is 813. The maximum Gasteiger partial charge on any atom is 0.397 e. The molecule has 3 N–H and O–H groups in total. The molecule has 0 radical (unpaired) electrons. The van der Waals surface area contributed by atoms with Crippen LogP contribution in [0.25, 0.3) is 6.08 Å². The van der Waals surface area contributed by atoms with Gasteiger partial charge in [0.2, 0.25) is 0 Å². The summed E-state index contributed by atoms with van der Waals surface area (Å²) in [5.74, 6) is 0.710. The minimum absolute atomic E-state index is 0.0689. The van der Waals surface area contributed by atoms with E-state index < -0.39 is 10.4 Å². The number of nitrogens with two attached hydrogens (primary N) is 1. The summed E-state index contributed by atoms with van der Waals surface area (Å²) in [7, 11) is -3.29. The van der Waals surface area contributed by atoms with E-state index in [1.807, 2.05) is 30.3 Å². The number of ketones is 1. The van der Waals surface area contributed by atoms with Crippen molar-refractivity contribution in [3.05, 3.63) is 35.4 Å². The summed E-state index contributed by atoms with van der Waals surface area (Å²) < 4.78 is 29.7. The molecule has 0 amide bonds. The van der Waals surface area contributed by atoms with Crippen LogP contribution in [-0.2, 0) is 19.4 Å². The summed E-state index contributed by atoms with van der Waals surface area (Å²) in [4.78, 5) is 12.7. The largest absolute Gasteiger partial charge is 0.398 e. The molecule has 6 nitrogen and oxygen atoms in total. The molecule has 0 aliphatic heterocycles. The summed E-state index contributed by atoms with van der Waals surface area (Å²) in [6.45, 7) is 6.60. The smallest absolute Gasteiger partial charge is 0.397 e. The summed E-state index contributed by atoms with van der Waals surface area (Å²) in [6.07, 6.45) is 4.16. The van der Waals surface area contributed by atoms with Gasteiger partial charge in [-0.15, -0.1) is 0 Å². The number of para-hydroxylation sites is 1. The van der Waals surface area contributed by atoms with Crippen LogP contribution in [0.2, 0.25) is 0 Å². The second-order valence-electron chi connectivity index (χ2n) is 7.30. The molecule has 2 atom stereocenters. The number of carbonyl (C=O) groups is 1. The van der Waals surface area contributed by atoms with E-state index in [1.54, 1.807) is 0 Å². The van der Waals surface area contributed by atoms with Crippen molar-refractivity contribution < 1.29 is 21.9 Å². The van der Waals surface area contributed by atoms with Gasteiger partial charge in [-0.25, -0.2) is 0 Å². The summed E-state index contributed by atoms with van der Waals surface area (Å²) in [6, 6.07) is 7.76. The third-order valence-electron chi connectivity index (χ3n) is 5.88. The van der Waals surface area contributed by atoms with Crippen molar-refractivity contribution in [1.29, 1.82) is 0 Å². The molecule has 1 aromatic carbocycles. The van der Waals surface area contributed by atoms with Crippen molar-refractivity contribution >= 4 is 27.9 Å². The van der Waals surface area contributed by atoms with E-state index in [-0.39, 0.29) is 10.8 Å². The van der Waals surface area contributed by atoms with Crippen LogP contribution in [0.1, 0.15) is 39.2 Å². The maximum absolute atomic E-state index is 12.7. The van der Waals surface area contributed by atoms with Gasteiger partial charge in [0.15, 0.2) is 5.78 Å². The van der Waals surface area contributed by atoms with Gasteiger partial charge in [0, 0.05) is 16.7 Å². The van der Waals surface area contributed by atoms with Crippen LogP contribution in [0.4, 0.5) is 5.69 Å². The fourth-order valence-electron chi connectivity index (χ4n) is 3.90. The molecule has 0 saturated heterocycles. The number of nitrogen functional groups attached to an aromatic ring is 1. The molecule has 1 aromatic rings. The quantitative estimate of drug-likeness (QED) is 0.472. The van der Waals surface area contributed by atoms with Crippen molar-refractivity contribution in [3.8, 4) is 0 Å². The number of hydrogen-bond acceptors (Lipinski definition) is 5. The van der Waals surface area contributed by atoms with Crippen LogP contribution in [0.15, 0.2) is 29.8 Å². The normalized spacial score (nSPS) is 28.8. The molecule has 2 aliphatic rings. The first-order valence-electron chi connectivity index (χ1n) is 8.08. The molecule has 0 heterocycles. The molecule has 2 fully saturated rings. The van der Waals surface area contributed by atoms with Gasteiger partial charge < -0.3 is 5.73 Å². The topological polar surface area (TPSA) is 107 Å². The number of carbonyl (C=O) groups excluding carboxylic acids is 1. The zero-order chi connectivity index (χ0) is 19.0. The van der Waals surface area contributed by atoms with Gasteiger partial charge in [0.1, 0.15) is 0 Å².